The molecular formula is C26H32O5S3. The zero-order valence-corrected chi connectivity index (χ0v) is 22.6. The molecule has 2 aliphatic carbocycles. The first-order valence-corrected chi connectivity index (χ1v) is 14.9. The lowest BCUT2D eigenvalue weighted by Crippen LogP contribution is -2.45. The second-order valence-corrected chi connectivity index (χ2v) is 13.4. The number of carbonyl (C=O) groups is 1. The van der Waals surface area contributed by atoms with Gasteiger partial charge in [-0.3, -0.25) is 8.98 Å². The van der Waals surface area contributed by atoms with E-state index in [-0.39, 0.29) is 16.7 Å². The lowest BCUT2D eigenvalue weighted by molar-refractivity contribution is -0.137. The van der Waals surface area contributed by atoms with Crippen molar-refractivity contribution in [2.75, 3.05) is 19.1 Å². The number of benzene rings is 1. The highest BCUT2D eigenvalue weighted by molar-refractivity contribution is 8.00. The molecule has 0 bridgehead atoms. The van der Waals surface area contributed by atoms with Gasteiger partial charge in [0.25, 0.3) is 10.1 Å². The van der Waals surface area contributed by atoms with E-state index in [1.54, 1.807) is 67.3 Å². The summed E-state index contributed by atoms with van der Waals surface area (Å²) in [6.45, 7) is 4.84. The molecule has 0 spiro atoms. The van der Waals surface area contributed by atoms with Crippen molar-refractivity contribution >= 4 is 39.4 Å². The Bertz CT molecular complexity index is 1160. The molecule has 34 heavy (non-hydrogen) atoms. The Labute approximate surface area is 211 Å². The van der Waals surface area contributed by atoms with Gasteiger partial charge in [-0.2, -0.15) is 20.2 Å². The van der Waals surface area contributed by atoms with Gasteiger partial charge in [-0.1, -0.05) is 54.2 Å². The summed E-state index contributed by atoms with van der Waals surface area (Å²) in [7, 11) is -4.14. The van der Waals surface area contributed by atoms with Crippen LogP contribution >= 0.6 is 23.5 Å². The van der Waals surface area contributed by atoms with Crippen molar-refractivity contribution < 1.29 is 22.5 Å². The Morgan fingerprint density at radius 3 is 2.26 bits per heavy atom. The fraction of sp³-hybridized carbons (Fsp3) is 0.423. The van der Waals surface area contributed by atoms with Crippen LogP contribution in [0.25, 0.3) is 0 Å². The Kier molecular flexibility index (Phi) is 8.10. The minimum Gasteiger partial charge on any atom is -0.375 e. The average Bonchev–Trinajstić information content (AvgIpc) is 2.84. The Balaban J connectivity index is 1.93. The fourth-order valence-electron chi connectivity index (χ4n) is 3.71. The molecule has 0 aromatic heterocycles. The molecule has 0 aliphatic heterocycles. The molecule has 8 heteroatoms. The molecular weight excluding hydrogens is 488 g/mol. The highest BCUT2D eigenvalue weighted by Gasteiger charge is 2.45. The first kappa shape index (κ1) is 27.0. The van der Waals surface area contributed by atoms with Crippen LogP contribution in [0.1, 0.15) is 39.2 Å². The van der Waals surface area contributed by atoms with Gasteiger partial charge in [-0.05, 0) is 63.8 Å². The number of hydrogen-bond acceptors (Lipinski definition) is 7. The van der Waals surface area contributed by atoms with Crippen molar-refractivity contribution in [3.8, 4) is 0 Å². The summed E-state index contributed by atoms with van der Waals surface area (Å²) in [6, 6.07) is 6.88. The molecule has 0 saturated heterocycles. The summed E-state index contributed by atoms with van der Waals surface area (Å²) >= 11 is 3.21. The van der Waals surface area contributed by atoms with Crippen LogP contribution in [-0.2, 0) is 24.7 Å². The molecule has 1 aromatic rings. The smallest absolute Gasteiger partial charge is 0.276 e. The molecule has 0 heterocycles. The van der Waals surface area contributed by atoms with E-state index in [4.69, 9.17) is 4.18 Å². The van der Waals surface area contributed by atoms with Crippen LogP contribution in [0, 0.1) is 0 Å². The lowest BCUT2D eigenvalue weighted by Gasteiger charge is -2.32. The summed E-state index contributed by atoms with van der Waals surface area (Å²) in [6.07, 6.45) is 15.4. The predicted octanol–water partition coefficient (Wildman–Crippen LogP) is 5.18. The van der Waals surface area contributed by atoms with Crippen LogP contribution in [0.15, 0.2) is 76.8 Å². The third kappa shape index (κ3) is 5.46. The highest BCUT2D eigenvalue weighted by Crippen LogP contribution is 2.37. The molecule has 2 aliphatic rings. The molecule has 1 aromatic carbocycles. The van der Waals surface area contributed by atoms with E-state index in [1.807, 2.05) is 31.6 Å². The number of rotatable bonds is 9. The first-order valence-electron chi connectivity index (χ1n) is 11.0. The molecule has 0 amide bonds. The number of Topliss-reactive ketones (excluding diaryl/α,β-unsaturated/α-hetero) is 1. The van der Waals surface area contributed by atoms with Crippen molar-refractivity contribution in [2.45, 2.75) is 53.6 Å². The summed E-state index contributed by atoms with van der Waals surface area (Å²) < 4.78 is 30.3. The van der Waals surface area contributed by atoms with Crippen LogP contribution < -0.4 is 0 Å². The van der Waals surface area contributed by atoms with Crippen LogP contribution in [0.4, 0.5) is 0 Å². The summed E-state index contributed by atoms with van der Waals surface area (Å²) in [5, 5.41) is 11.7. The first-order chi connectivity index (χ1) is 15.9. The maximum Gasteiger partial charge on any atom is 0.276 e. The molecule has 3 unspecified atom stereocenters. The van der Waals surface area contributed by atoms with Gasteiger partial charge in [-0.25, -0.2) is 0 Å². The number of thioether (sulfide) groups is 2. The SMILES string of the molecule is CSc1ccc(C(O)(COS(=O)(=O)C2(C)C=CC(C)=CC2)C(=O)C2=CCC(C)(SC)C=C2)cc1. The highest BCUT2D eigenvalue weighted by atomic mass is 32.2. The van der Waals surface area contributed by atoms with E-state index in [1.165, 1.54) is 11.8 Å². The largest absolute Gasteiger partial charge is 0.375 e. The van der Waals surface area contributed by atoms with E-state index in [0.29, 0.717) is 12.0 Å². The third-order valence-electron chi connectivity index (χ3n) is 6.54. The minimum absolute atomic E-state index is 0.130. The fourth-order valence-corrected chi connectivity index (χ4v) is 5.69. The van der Waals surface area contributed by atoms with Crippen molar-refractivity contribution in [2.24, 2.45) is 0 Å². The number of hydrogen-bond donors (Lipinski definition) is 1. The van der Waals surface area contributed by atoms with E-state index < -0.39 is 32.9 Å². The summed E-state index contributed by atoms with van der Waals surface area (Å²) in [5.41, 5.74) is -0.556. The van der Waals surface area contributed by atoms with Crippen LogP contribution in [-0.4, -0.2) is 47.9 Å². The molecule has 1 N–H and O–H groups in total. The number of ketones is 1. The van der Waals surface area contributed by atoms with E-state index in [0.717, 1.165) is 10.5 Å². The zero-order chi connectivity index (χ0) is 25.2. The Morgan fingerprint density at radius 2 is 1.76 bits per heavy atom. The van der Waals surface area contributed by atoms with Crippen molar-refractivity contribution in [1.29, 1.82) is 0 Å². The van der Waals surface area contributed by atoms with Gasteiger partial charge in [0.2, 0.25) is 5.78 Å². The van der Waals surface area contributed by atoms with Gasteiger partial charge < -0.3 is 5.11 Å². The maximum atomic E-state index is 13.6. The Morgan fingerprint density at radius 1 is 1.09 bits per heavy atom. The zero-order valence-electron chi connectivity index (χ0n) is 20.2. The van der Waals surface area contributed by atoms with Gasteiger partial charge >= 0.3 is 0 Å². The second-order valence-electron chi connectivity index (χ2n) is 9.15. The standard InChI is InChI=1S/C26H32O5S3/c1-19-10-16-25(3,17-11-19)34(29,30)31-18-26(28,21-6-8-22(32-4)9-7-21)23(27)20-12-14-24(2,33-5)15-13-20/h6-14,16,28H,15,17-18H2,1-5H3. The lowest BCUT2D eigenvalue weighted by atomic mass is 9.83. The molecule has 0 saturated carbocycles. The third-order valence-corrected chi connectivity index (χ3v) is 10.4. The van der Waals surface area contributed by atoms with Crippen molar-refractivity contribution in [3.05, 3.63) is 77.4 Å². The number of aliphatic hydroxyl groups is 1. The van der Waals surface area contributed by atoms with Gasteiger partial charge in [-0.15, -0.1) is 11.8 Å². The van der Waals surface area contributed by atoms with Gasteiger partial charge in [0.15, 0.2) is 5.60 Å². The molecule has 0 fully saturated rings. The van der Waals surface area contributed by atoms with Crippen LogP contribution in [0.5, 0.6) is 0 Å². The topological polar surface area (TPSA) is 80.7 Å². The predicted molar refractivity (Wildman–Crippen MR) is 142 cm³/mol. The molecule has 0 radical (unpaired) electrons. The van der Waals surface area contributed by atoms with Crippen LogP contribution in [0.3, 0.4) is 0 Å². The van der Waals surface area contributed by atoms with Gasteiger partial charge in [0.1, 0.15) is 11.4 Å². The summed E-state index contributed by atoms with van der Waals surface area (Å²) in [4.78, 5) is 14.6. The van der Waals surface area contributed by atoms with Crippen LogP contribution in [0.2, 0.25) is 0 Å². The Hall–Kier alpha value is -1.58. The van der Waals surface area contributed by atoms with E-state index >= 15 is 0 Å². The minimum atomic E-state index is -4.14. The van der Waals surface area contributed by atoms with Gasteiger partial charge in [0, 0.05) is 15.2 Å². The normalized spacial score (nSPS) is 26.5. The molecule has 184 valence electrons. The maximum absolute atomic E-state index is 13.6. The quantitative estimate of drug-likeness (QED) is 0.355. The molecule has 5 nitrogen and oxygen atoms in total. The second kappa shape index (κ2) is 10.2. The molecule has 3 rings (SSSR count). The van der Waals surface area contributed by atoms with Crippen molar-refractivity contribution in [1.82, 2.24) is 0 Å². The summed E-state index contributed by atoms with van der Waals surface area (Å²) in [5.74, 6) is -0.584. The van der Waals surface area contributed by atoms with Gasteiger partial charge in [0.05, 0.1) is 0 Å². The monoisotopic (exact) mass is 520 g/mol. The number of carbonyl (C=O) groups excluding carboxylic acids is 1. The van der Waals surface area contributed by atoms with Crippen molar-refractivity contribution in [3.63, 3.8) is 0 Å². The number of allylic oxidation sites excluding steroid dienone is 5. The molecule has 3 atom stereocenters. The average molecular weight is 521 g/mol. The van der Waals surface area contributed by atoms with E-state index in [2.05, 4.69) is 6.92 Å². The van der Waals surface area contributed by atoms with E-state index in [9.17, 15) is 18.3 Å².